The second-order valence-corrected chi connectivity index (χ2v) is 5.17. The number of hydrogen-bond acceptors (Lipinski definition) is 2. The van der Waals surface area contributed by atoms with Crippen molar-refractivity contribution in [3.63, 3.8) is 0 Å². The van der Waals surface area contributed by atoms with Gasteiger partial charge in [0.25, 0.3) is 0 Å². The van der Waals surface area contributed by atoms with Crippen LogP contribution >= 0.6 is 11.6 Å². The fourth-order valence-electron chi connectivity index (χ4n) is 2.09. The minimum Gasteiger partial charge on any atom is -0.325 e. The Bertz CT molecular complexity index is 381. The maximum atomic E-state index is 11.8. The average Bonchev–Trinajstić information content (AvgIpc) is 2.19. The summed E-state index contributed by atoms with van der Waals surface area (Å²) in [5, 5.41) is 0.700. The zero-order valence-corrected chi connectivity index (χ0v) is 9.96. The number of hydrogen-bond donors (Lipinski definition) is 1. The molecule has 16 heavy (non-hydrogen) atoms. The van der Waals surface area contributed by atoms with E-state index in [4.69, 9.17) is 17.3 Å². The lowest BCUT2D eigenvalue weighted by molar-refractivity contribution is -0.120. The quantitative estimate of drug-likeness (QED) is 0.875. The van der Waals surface area contributed by atoms with Crippen LogP contribution in [0.15, 0.2) is 24.3 Å². The van der Waals surface area contributed by atoms with E-state index in [-0.39, 0.29) is 11.3 Å². The summed E-state index contributed by atoms with van der Waals surface area (Å²) < 4.78 is 0. The van der Waals surface area contributed by atoms with Gasteiger partial charge in [-0.3, -0.25) is 4.79 Å². The number of benzene rings is 1. The average molecular weight is 238 g/mol. The van der Waals surface area contributed by atoms with Crippen molar-refractivity contribution in [1.29, 1.82) is 0 Å². The van der Waals surface area contributed by atoms with Gasteiger partial charge in [-0.2, -0.15) is 0 Å². The summed E-state index contributed by atoms with van der Waals surface area (Å²) in [4.78, 5) is 11.8. The molecule has 2 rings (SSSR count). The van der Waals surface area contributed by atoms with Gasteiger partial charge in [-0.25, -0.2) is 0 Å². The summed E-state index contributed by atoms with van der Waals surface area (Å²) in [6, 6.07) is 7.41. The van der Waals surface area contributed by atoms with Gasteiger partial charge in [0.05, 0.1) is 0 Å². The van der Waals surface area contributed by atoms with Crippen LogP contribution < -0.4 is 5.73 Å². The molecule has 2 nitrogen and oxygen atoms in total. The molecule has 0 amide bonds. The molecule has 1 fully saturated rings. The van der Waals surface area contributed by atoms with E-state index in [2.05, 4.69) is 0 Å². The Hall–Kier alpha value is -0.860. The summed E-state index contributed by atoms with van der Waals surface area (Å²) in [5.41, 5.74) is 6.85. The molecule has 0 heterocycles. The van der Waals surface area contributed by atoms with E-state index >= 15 is 0 Å². The monoisotopic (exact) mass is 237 g/mol. The van der Waals surface area contributed by atoms with Crippen molar-refractivity contribution < 1.29 is 4.79 Å². The van der Waals surface area contributed by atoms with Crippen molar-refractivity contribution in [2.75, 3.05) is 0 Å². The highest BCUT2D eigenvalue weighted by atomic mass is 35.5. The molecular formula is C13H16ClNO. The van der Waals surface area contributed by atoms with Crippen molar-refractivity contribution in [2.45, 2.75) is 37.6 Å². The number of Topliss-reactive ketones (excluding diaryl/α,β-unsaturated/α-hetero) is 1. The molecule has 3 heteroatoms. The van der Waals surface area contributed by atoms with Crippen molar-refractivity contribution in [3.8, 4) is 0 Å². The topological polar surface area (TPSA) is 43.1 Å². The molecule has 2 N–H and O–H groups in total. The Labute approximate surface area is 101 Å². The Kier molecular flexibility index (Phi) is 3.31. The van der Waals surface area contributed by atoms with Crippen molar-refractivity contribution >= 4 is 17.4 Å². The molecule has 1 aromatic rings. The number of ketones is 1. The third-order valence-electron chi connectivity index (χ3n) is 3.21. The van der Waals surface area contributed by atoms with Crippen LogP contribution in [0.2, 0.25) is 5.02 Å². The maximum absolute atomic E-state index is 11.8. The first kappa shape index (κ1) is 11.6. The smallest absolute Gasteiger partial charge is 0.139 e. The normalized spacial score (nSPS) is 17.9. The summed E-state index contributed by atoms with van der Waals surface area (Å²) in [7, 11) is 0. The molecule has 0 bridgehead atoms. The second kappa shape index (κ2) is 4.56. The first-order valence-corrected chi connectivity index (χ1v) is 6.00. The molecular weight excluding hydrogens is 222 g/mol. The third-order valence-corrected chi connectivity index (χ3v) is 3.47. The predicted octanol–water partition coefficient (Wildman–Crippen LogP) is 2.72. The number of rotatable bonds is 4. The van der Waals surface area contributed by atoms with Gasteiger partial charge in [0.15, 0.2) is 0 Å². The molecule has 1 aliphatic carbocycles. The van der Waals surface area contributed by atoms with Gasteiger partial charge in [0, 0.05) is 23.4 Å². The lowest BCUT2D eigenvalue weighted by atomic mass is 9.74. The first-order valence-electron chi connectivity index (χ1n) is 5.62. The first-order chi connectivity index (χ1) is 7.57. The number of nitrogens with two attached hydrogens (primary N) is 1. The molecule has 1 aliphatic rings. The van der Waals surface area contributed by atoms with Gasteiger partial charge in [0.2, 0.25) is 0 Å². The van der Waals surface area contributed by atoms with E-state index in [1.54, 1.807) is 0 Å². The van der Waals surface area contributed by atoms with E-state index in [1.165, 1.54) is 0 Å². The van der Waals surface area contributed by atoms with E-state index < -0.39 is 0 Å². The van der Waals surface area contributed by atoms with Crippen LogP contribution in [0.3, 0.4) is 0 Å². The van der Waals surface area contributed by atoms with Gasteiger partial charge in [-0.15, -0.1) is 0 Å². The molecule has 0 saturated heterocycles. The van der Waals surface area contributed by atoms with E-state index in [9.17, 15) is 4.79 Å². The van der Waals surface area contributed by atoms with Gasteiger partial charge in [0.1, 0.15) is 5.78 Å². The van der Waals surface area contributed by atoms with Gasteiger partial charge in [-0.1, -0.05) is 23.7 Å². The zero-order chi connectivity index (χ0) is 11.6. The number of carbonyl (C=O) groups is 1. The van der Waals surface area contributed by atoms with E-state index in [0.717, 1.165) is 24.8 Å². The molecule has 0 aliphatic heterocycles. The summed E-state index contributed by atoms with van der Waals surface area (Å²) in [6.45, 7) is 0. The molecule has 1 aromatic carbocycles. The van der Waals surface area contributed by atoms with Crippen LogP contribution in [0.4, 0.5) is 0 Å². The maximum Gasteiger partial charge on any atom is 0.139 e. The van der Waals surface area contributed by atoms with Gasteiger partial charge >= 0.3 is 0 Å². The van der Waals surface area contributed by atoms with Crippen molar-refractivity contribution in [3.05, 3.63) is 34.9 Å². The van der Waals surface area contributed by atoms with Crippen LogP contribution in [0.1, 0.15) is 31.2 Å². The van der Waals surface area contributed by atoms with Crippen LogP contribution in [0.5, 0.6) is 0 Å². The Morgan fingerprint density at radius 3 is 2.44 bits per heavy atom. The summed E-state index contributed by atoms with van der Waals surface area (Å²) >= 11 is 5.78. The molecule has 0 aromatic heterocycles. The fourth-order valence-corrected chi connectivity index (χ4v) is 2.22. The lowest BCUT2D eigenvalue weighted by Crippen LogP contribution is -2.48. The third kappa shape index (κ3) is 2.83. The number of halogens is 1. The minimum absolute atomic E-state index is 0.205. The second-order valence-electron chi connectivity index (χ2n) is 4.73. The molecule has 0 unspecified atom stereocenters. The molecule has 0 spiro atoms. The van der Waals surface area contributed by atoms with E-state index in [0.29, 0.717) is 17.9 Å². The lowest BCUT2D eigenvalue weighted by Gasteiger charge is -2.37. The Morgan fingerprint density at radius 1 is 1.31 bits per heavy atom. The summed E-state index contributed by atoms with van der Waals surface area (Å²) in [6.07, 6.45) is 4.11. The van der Waals surface area contributed by atoms with Crippen LogP contribution in [-0.2, 0) is 11.2 Å². The molecule has 86 valence electrons. The van der Waals surface area contributed by atoms with Gasteiger partial charge in [-0.05, 0) is 37.0 Å². The van der Waals surface area contributed by atoms with Gasteiger partial charge < -0.3 is 5.73 Å². The zero-order valence-electron chi connectivity index (χ0n) is 9.21. The van der Waals surface area contributed by atoms with E-state index in [1.807, 2.05) is 24.3 Å². The largest absolute Gasteiger partial charge is 0.325 e. The Morgan fingerprint density at radius 2 is 1.94 bits per heavy atom. The van der Waals surface area contributed by atoms with Crippen molar-refractivity contribution in [2.24, 2.45) is 5.73 Å². The Balaban J connectivity index is 1.89. The van der Waals surface area contributed by atoms with Crippen LogP contribution in [0, 0.1) is 0 Å². The minimum atomic E-state index is -0.205. The van der Waals surface area contributed by atoms with Crippen molar-refractivity contribution in [1.82, 2.24) is 0 Å². The van der Waals surface area contributed by atoms with Crippen LogP contribution in [-0.4, -0.2) is 11.3 Å². The highest BCUT2D eigenvalue weighted by Crippen LogP contribution is 2.32. The molecule has 0 radical (unpaired) electrons. The highest BCUT2D eigenvalue weighted by molar-refractivity contribution is 6.30. The van der Waals surface area contributed by atoms with Crippen LogP contribution in [0.25, 0.3) is 0 Å². The molecule has 0 atom stereocenters. The number of carbonyl (C=O) groups excluding carboxylic acids is 1. The predicted molar refractivity (Wildman–Crippen MR) is 65.5 cm³/mol. The fraction of sp³-hybridized carbons (Fsp3) is 0.462. The summed E-state index contributed by atoms with van der Waals surface area (Å²) in [5.74, 6) is 0.226. The molecule has 1 saturated carbocycles. The standard InChI is InChI=1S/C13H16ClNO/c14-11-4-2-10(3-5-11)8-12(16)9-13(15)6-1-7-13/h2-5H,1,6-9,15H2. The highest BCUT2D eigenvalue weighted by Gasteiger charge is 2.34. The SMILES string of the molecule is NC1(CC(=O)Cc2ccc(Cl)cc2)CCC1.